The van der Waals surface area contributed by atoms with Gasteiger partial charge in [-0.2, -0.15) is 0 Å². The molecule has 0 aromatic rings. The Morgan fingerprint density at radius 2 is 1.91 bits per heavy atom. The third kappa shape index (κ3) is 3.28. The minimum Gasteiger partial charge on any atom is -0.378 e. The van der Waals surface area contributed by atoms with Gasteiger partial charge in [0, 0.05) is 44.1 Å². The molecule has 5 nitrogen and oxygen atoms in total. The maximum absolute atomic E-state index is 12.7. The van der Waals surface area contributed by atoms with E-state index < -0.39 is 5.54 Å². The third-order valence-electron chi connectivity index (χ3n) is 6.37. The van der Waals surface area contributed by atoms with Crippen LogP contribution in [0.2, 0.25) is 0 Å². The van der Waals surface area contributed by atoms with E-state index in [4.69, 9.17) is 10.5 Å². The van der Waals surface area contributed by atoms with Gasteiger partial charge in [-0.15, -0.1) is 0 Å². The Bertz CT molecular complexity index is 442. The highest BCUT2D eigenvalue weighted by Crippen LogP contribution is 2.49. The minimum absolute atomic E-state index is 0.0131. The van der Waals surface area contributed by atoms with Gasteiger partial charge in [-0.1, -0.05) is 13.8 Å². The van der Waals surface area contributed by atoms with Gasteiger partial charge in [0.15, 0.2) is 0 Å². The molecule has 0 radical (unpaired) electrons. The van der Waals surface area contributed by atoms with E-state index in [-0.39, 0.29) is 23.5 Å². The van der Waals surface area contributed by atoms with Crippen molar-refractivity contribution in [3.05, 3.63) is 0 Å². The zero-order chi connectivity index (χ0) is 16.7. The van der Waals surface area contributed by atoms with E-state index in [2.05, 4.69) is 24.1 Å². The average Bonchev–Trinajstić information content (AvgIpc) is 3.32. The van der Waals surface area contributed by atoms with E-state index in [1.165, 1.54) is 19.4 Å². The Balaban J connectivity index is 1.47. The van der Waals surface area contributed by atoms with Crippen molar-refractivity contribution in [3.8, 4) is 0 Å². The van der Waals surface area contributed by atoms with E-state index >= 15 is 0 Å². The van der Waals surface area contributed by atoms with Crippen molar-refractivity contribution in [2.24, 2.45) is 17.1 Å². The molecule has 2 aliphatic carbocycles. The summed E-state index contributed by atoms with van der Waals surface area (Å²) in [6.45, 7) is 10.2. The normalized spacial score (nSPS) is 34.9. The third-order valence-corrected chi connectivity index (χ3v) is 6.37. The number of hydrogen-bond donors (Lipinski definition) is 2. The predicted octanol–water partition coefficient (Wildman–Crippen LogP) is 1.51. The second kappa shape index (κ2) is 6.34. The summed E-state index contributed by atoms with van der Waals surface area (Å²) in [5, 5.41) is 3.22. The topological polar surface area (TPSA) is 67.6 Å². The van der Waals surface area contributed by atoms with E-state index in [0.29, 0.717) is 13.0 Å². The van der Waals surface area contributed by atoms with Crippen LogP contribution in [0.1, 0.15) is 52.9 Å². The fraction of sp³-hybridized carbons (Fsp3) is 0.944. The van der Waals surface area contributed by atoms with Gasteiger partial charge < -0.3 is 20.7 Å². The van der Waals surface area contributed by atoms with Crippen LogP contribution < -0.4 is 11.1 Å². The van der Waals surface area contributed by atoms with Crippen LogP contribution in [0.15, 0.2) is 0 Å². The molecule has 1 amide bonds. The molecule has 0 bridgehead atoms. The number of amides is 1. The van der Waals surface area contributed by atoms with Gasteiger partial charge in [0.25, 0.3) is 0 Å². The molecular weight excluding hydrogens is 290 g/mol. The molecule has 3 N–H and O–H groups in total. The Kier molecular flexibility index (Phi) is 4.73. The van der Waals surface area contributed by atoms with Crippen LogP contribution in [0.4, 0.5) is 0 Å². The van der Waals surface area contributed by atoms with Crippen LogP contribution in [0.25, 0.3) is 0 Å². The van der Waals surface area contributed by atoms with E-state index in [1.54, 1.807) is 0 Å². The molecule has 0 aromatic heterocycles. The quantitative estimate of drug-likeness (QED) is 0.777. The first kappa shape index (κ1) is 17.2. The number of hydrogen-bond acceptors (Lipinski definition) is 4. The maximum Gasteiger partial charge on any atom is 0.241 e. The highest BCUT2D eigenvalue weighted by atomic mass is 16.5. The SMILES string of the molecule is CCOC1CC(N)(C(=O)NC2CCN(CC3CC3)CC2)C1(C)C. The van der Waals surface area contributed by atoms with Crippen LogP contribution in [0.5, 0.6) is 0 Å². The van der Waals surface area contributed by atoms with Crippen molar-refractivity contribution in [1.82, 2.24) is 10.2 Å². The van der Waals surface area contributed by atoms with E-state index in [0.717, 1.165) is 31.8 Å². The number of carbonyl (C=O) groups excluding carboxylic acids is 1. The summed E-state index contributed by atoms with van der Waals surface area (Å²) in [7, 11) is 0. The molecule has 2 unspecified atom stereocenters. The van der Waals surface area contributed by atoms with E-state index in [9.17, 15) is 4.79 Å². The monoisotopic (exact) mass is 323 g/mol. The van der Waals surface area contributed by atoms with Crippen LogP contribution >= 0.6 is 0 Å². The molecule has 3 rings (SSSR count). The Morgan fingerprint density at radius 1 is 1.26 bits per heavy atom. The molecule has 2 saturated carbocycles. The van der Waals surface area contributed by atoms with Gasteiger partial charge in [-0.05, 0) is 38.5 Å². The largest absolute Gasteiger partial charge is 0.378 e. The number of nitrogens with zero attached hydrogens (tertiary/aromatic N) is 1. The standard InChI is InChI=1S/C18H33N3O2/c1-4-23-15-11-18(19,17(15,2)3)16(22)20-14-7-9-21(10-8-14)12-13-5-6-13/h13-15H,4-12,19H2,1-3H3,(H,20,22). The van der Waals surface area contributed by atoms with Crippen LogP contribution in [0.3, 0.4) is 0 Å². The van der Waals surface area contributed by atoms with Gasteiger partial charge in [0.05, 0.1) is 6.10 Å². The summed E-state index contributed by atoms with van der Waals surface area (Å²) < 4.78 is 5.72. The maximum atomic E-state index is 12.7. The number of ether oxygens (including phenoxy) is 1. The molecule has 23 heavy (non-hydrogen) atoms. The van der Waals surface area contributed by atoms with Gasteiger partial charge in [-0.25, -0.2) is 0 Å². The second-order valence-electron chi connectivity index (χ2n) is 8.33. The summed E-state index contributed by atoms with van der Waals surface area (Å²) in [6, 6.07) is 0.278. The molecule has 0 aromatic carbocycles. The highest BCUT2D eigenvalue weighted by Gasteiger charge is 2.63. The zero-order valence-electron chi connectivity index (χ0n) is 14.9. The average molecular weight is 323 g/mol. The summed E-state index contributed by atoms with van der Waals surface area (Å²) in [4.78, 5) is 15.3. The number of likely N-dealkylation sites (tertiary alicyclic amines) is 1. The van der Waals surface area contributed by atoms with Crippen LogP contribution in [-0.2, 0) is 9.53 Å². The first-order valence-electron chi connectivity index (χ1n) is 9.30. The number of nitrogens with two attached hydrogens (primary N) is 1. The molecule has 2 atom stereocenters. The zero-order valence-corrected chi connectivity index (χ0v) is 14.9. The molecule has 5 heteroatoms. The molecule has 1 saturated heterocycles. The van der Waals surface area contributed by atoms with Crippen molar-refractivity contribution >= 4 is 5.91 Å². The number of nitrogens with one attached hydrogen (secondary N) is 1. The van der Waals surface area contributed by atoms with Gasteiger partial charge >= 0.3 is 0 Å². The lowest BCUT2D eigenvalue weighted by molar-refractivity contribution is -0.171. The summed E-state index contributed by atoms with van der Waals surface area (Å²) >= 11 is 0. The summed E-state index contributed by atoms with van der Waals surface area (Å²) in [6.07, 6.45) is 5.61. The van der Waals surface area contributed by atoms with Crippen LogP contribution in [0, 0.1) is 11.3 Å². The fourth-order valence-corrected chi connectivity index (χ4v) is 4.06. The Labute approximate surface area is 140 Å². The Hall–Kier alpha value is -0.650. The number of piperidine rings is 1. The molecule has 1 heterocycles. The molecule has 0 spiro atoms. The number of carbonyl (C=O) groups is 1. The predicted molar refractivity (Wildman–Crippen MR) is 91.1 cm³/mol. The first-order valence-corrected chi connectivity index (χ1v) is 9.30. The van der Waals surface area contributed by atoms with Crippen molar-refractivity contribution in [2.75, 3.05) is 26.2 Å². The van der Waals surface area contributed by atoms with E-state index in [1.807, 2.05) is 6.92 Å². The first-order chi connectivity index (χ1) is 10.9. The molecule has 3 fully saturated rings. The minimum atomic E-state index is -0.794. The van der Waals surface area contributed by atoms with Gasteiger partial charge in [-0.3, -0.25) is 4.79 Å². The molecule has 1 aliphatic heterocycles. The second-order valence-corrected chi connectivity index (χ2v) is 8.33. The summed E-state index contributed by atoms with van der Waals surface area (Å²) in [5.74, 6) is 0.957. The number of rotatable bonds is 6. The lowest BCUT2D eigenvalue weighted by atomic mass is 9.54. The van der Waals surface area contributed by atoms with Crippen LogP contribution in [-0.4, -0.2) is 54.7 Å². The summed E-state index contributed by atoms with van der Waals surface area (Å²) in [5.41, 5.74) is 5.36. The van der Waals surface area contributed by atoms with Gasteiger partial charge in [0.1, 0.15) is 5.54 Å². The molecule has 3 aliphatic rings. The van der Waals surface area contributed by atoms with Crippen molar-refractivity contribution in [2.45, 2.75) is 70.6 Å². The van der Waals surface area contributed by atoms with Gasteiger partial charge in [0.2, 0.25) is 5.91 Å². The Morgan fingerprint density at radius 3 is 2.43 bits per heavy atom. The lowest BCUT2D eigenvalue weighted by Crippen LogP contribution is -2.76. The fourth-order valence-electron chi connectivity index (χ4n) is 4.06. The molecular formula is C18H33N3O2. The van der Waals surface area contributed by atoms with Crippen molar-refractivity contribution in [1.29, 1.82) is 0 Å². The lowest BCUT2D eigenvalue weighted by Gasteiger charge is -2.57. The van der Waals surface area contributed by atoms with Crippen molar-refractivity contribution in [3.63, 3.8) is 0 Å². The molecule has 132 valence electrons. The van der Waals surface area contributed by atoms with Crippen molar-refractivity contribution < 1.29 is 9.53 Å². The smallest absolute Gasteiger partial charge is 0.241 e. The highest BCUT2D eigenvalue weighted by molar-refractivity contribution is 5.89.